The van der Waals surface area contributed by atoms with Crippen molar-refractivity contribution in [3.63, 3.8) is 0 Å². The number of likely N-dealkylation sites (tertiary alicyclic amines) is 1. The van der Waals surface area contributed by atoms with Gasteiger partial charge in [0.05, 0.1) is 13.2 Å². The maximum absolute atomic E-state index is 12.7. The zero-order valence-corrected chi connectivity index (χ0v) is 14.2. The average molecular weight is 325 g/mol. The highest BCUT2D eigenvalue weighted by atomic mass is 16.5. The molecule has 5 heteroatoms. The molecule has 1 aromatic carbocycles. The van der Waals surface area contributed by atoms with E-state index in [1.165, 1.54) is 5.56 Å². The Labute approximate surface area is 142 Å². The number of benzene rings is 1. The quantitative estimate of drug-likeness (QED) is 0.818. The van der Waals surface area contributed by atoms with Crippen LogP contribution in [0.3, 0.4) is 0 Å². The minimum atomic E-state index is -0.0846. The van der Waals surface area contributed by atoms with Crippen molar-refractivity contribution in [1.29, 1.82) is 0 Å². The summed E-state index contributed by atoms with van der Waals surface area (Å²) < 4.78 is 5.30. The molecule has 1 unspecified atom stereocenters. The van der Waals surface area contributed by atoms with Gasteiger partial charge < -0.3 is 9.64 Å². The number of hydrogen-bond acceptors (Lipinski definition) is 4. The van der Waals surface area contributed by atoms with Crippen LogP contribution in [0.1, 0.15) is 17.5 Å². The lowest BCUT2D eigenvalue weighted by atomic mass is 10.2. The van der Waals surface area contributed by atoms with E-state index in [9.17, 15) is 4.79 Å². The lowest BCUT2D eigenvalue weighted by molar-refractivity contribution is -0.132. The van der Waals surface area contributed by atoms with Crippen LogP contribution in [-0.2, 0) is 17.9 Å². The fourth-order valence-electron chi connectivity index (χ4n) is 3.20. The summed E-state index contributed by atoms with van der Waals surface area (Å²) in [7, 11) is 3.61. The van der Waals surface area contributed by atoms with Crippen LogP contribution in [0, 0.1) is 0 Å². The molecule has 0 aliphatic carbocycles. The lowest BCUT2D eigenvalue weighted by Gasteiger charge is -2.24. The molecular formula is C19H23N3O2. The number of likely N-dealkylation sites (N-methyl/N-ethyl adjacent to an activating group) is 1. The van der Waals surface area contributed by atoms with Crippen LogP contribution in [-0.4, -0.2) is 47.4 Å². The summed E-state index contributed by atoms with van der Waals surface area (Å²) in [6.07, 6.45) is 2.56. The number of aromatic nitrogens is 1. The van der Waals surface area contributed by atoms with Gasteiger partial charge >= 0.3 is 0 Å². The van der Waals surface area contributed by atoms with Crippen molar-refractivity contribution < 1.29 is 9.53 Å². The SMILES string of the molecule is COc1ncccc1CN(C)C1CCN(Cc2ccccc2)C1=O. The van der Waals surface area contributed by atoms with Gasteiger partial charge in [-0.3, -0.25) is 9.69 Å². The Bertz CT molecular complexity index is 690. The predicted molar refractivity (Wildman–Crippen MR) is 92.5 cm³/mol. The molecule has 24 heavy (non-hydrogen) atoms. The van der Waals surface area contributed by atoms with Crippen LogP contribution in [0.25, 0.3) is 0 Å². The van der Waals surface area contributed by atoms with Crippen molar-refractivity contribution in [1.82, 2.24) is 14.8 Å². The van der Waals surface area contributed by atoms with Crippen molar-refractivity contribution in [3.8, 4) is 5.88 Å². The first-order valence-corrected chi connectivity index (χ1v) is 8.20. The van der Waals surface area contributed by atoms with Crippen molar-refractivity contribution in [2.45, 2.75) is 25.6 Å². The molecule has 1 fully saturated rings. The minimum Gasteiger partial charge on any atom is -0.481 e. The molecule has 0 bridgehead atoms. The van der Waals surface area contributed by atoms with E-state index >= 15 is 0 Å². The Balaban J connectivity index is 1.64. The molecule has 126 valence electrons. The summed E-state index contributed by atoms with van der Waals surface area (Å²) in [5, 5.41) is 0. The van der Waals surface area contributed by atoms with E-state index in [1.807, 2.05) is 42.3 Å². The van der Waals surface area contributed by atoms with Gasteiger partial charge in [0, 0.05) is 31.4 Å². The van der Waals surface area contributed by atoms with E-state index in [2.05, 4.69) is 22.0 Å². The minimum absolute atomic E-state index is 0.0846. The highest BCUT2D eigenvalue weighted by Gasteiger charge is 2.34. The summed E-state index contributed by atoms with van der Waals surface area (Å²) in [5.74, 6) is 0.820. The zero-order chi connectivity index (χ0) is 16.9. The zero-order valence-electron chi connectivity index (χ0n) is 14.2. The number of nitrogens with zero attached hydrogens (tertiary/aromatic N) is 3. The molecule has 1 aliphatic rings. The van der Waals surface area contributed by atoms with Gasteiger partial charge in [-0.15, -0.1) is 0 Å². The van der Waals surface area contributed by atoms with Crippen LogP contribution < -0.4 is 4.74 Å². The average Bonchev–Trinajstić information content (AvgIpc) is 2.97. The number of methoxy groups -OCH3 is 1. The molecule has 0 N–H and O–H groups in total. The lowest BCUT2D eigenvalue weighted by Crippen LogP contribution is -2.39. The topological polar surface area (TPSA) is 45.7 Å². The Morgan fingerprint density at radius 1 is 1.25 bits per heavy atom. The third-order valence-electron chi connectivity index (χ3n) is 4.48. The molecule has 0 radical (unpaired) electrons. The van der Waals surface area contributed by atoms with Crippen molar-refractivity contribution in [3.05, 3.63) is 59.8 Å². The van der Waals surface area contributed by atoms with E-state index in [4.69, 9.17) is 4.74 Å². The summed E-state index contributed by atoms with van der Waals surface area (Å²) in [5.41, 5.74) is 2.17. The predicted octanol–water partition coefficient (Wildman–Crippen LogP) is 2.32. The second-order valence-electron chi connectivity index (χ2n) is 6.14. The van der Waals surface area contributed by atoms with Crippen LogP contribution in [0.4, 0.5) is 0 Å². The highest BCUT2D eigenvalue weighted by molar-refractivity contribution is 5.83. The molecule has 0 spiro atoms. The third kappa shape index (κ3) is 3.57. The Kier molecular flexibility index (Phi) is 5.11. The van der Waals surface area contributed by atoms with Gasteiger partial charge in [-0.05, 0) is 25.1 Å². The van der Waals surface area contributed by atoms with Gasteiger partial charge in [-0.1, -0.05) is 36.4 Å². The second-order valence-corrected chi connectivity index (χ2v) is 6.14. The molecular weight excluding hydrogens is 302 g/mol. The summed E-state index contributed by atoms with van der Waals surface area (Å²) in [6.45, 7) is 2.12. The Hall–Kier alpha value is -2.40. The Morgan fingerprint density at radius 3 is 2.79 bits per heavy atom. The molecule has 3 rings (SSSR count). The van der Waals surface area contributed by atoms with Gasteiger partial charge in [0.1, 0.15) is 0 Å². The monoisotopic (exact) mass is 325 g/mol. The number of ether oxygens (including phenoxy) is 1. The van der Waals surface area contributed by atoms with Crippen molar-refractivity contribution >= 4 is 5.91 Å². The summed E-state index contributed by atoms with van der Waals surface area (Å²) in [6, 6.07) is 13.9. The summed E-state index contributed by atoms with van der Waals surface area (Å²) in [4.78, 5) is 21.0. The molecule has 1 aliphatic heterocycles. The van der Waals surface area contributed by atoms with E-state index in [-0.39, 0.29) is 11.9 Å². The number of carbonyl (C=O) groups is 1. The van der Waals surface area contributed by atoms with Crippen molar-refractivity contribution in [2.75, 3.05) is 20.7 Å². The molecule has 1 saturated heterocycles. The van der Waals surface area contributed by atoms with Crippen LogP contribution >= 0.6 is 0 Å². The van der Waals surface area contributed by atoms with E-state index in [1.54, 1.807) is 13.3 Å². The number of rotatable bonds is 6. The molecule has 5 nitrogen and oxygen atoms in total. The second kappa shape index (κ2) is 7.45. The molecule has 1 amide bonds. The van der Waals surface area contributed by atoms with E-state index in [0.29, 0.717) is 19.0 Å². The van der Waals surface area contributed by atoms with Gasteiger partial charge in [-0.2, -0.15) is 0 Å². The first-order valence-electron chi connectivity index (χ1n) is 8.20. The normalized spacial score (nSPS) is 17.5. The summed E-state index contributed by atoms with van der Waals surface area (Å²) >= 11 is 0. The number of hydrogen-bond donors (Lipinski definition) is 0. The fourth-order valence-corrected chi connectivity index (χ4v) is 3.20. The van der Waals surface area contributed by atoms with Crippen LogP contribution in [0.5, 0.6) is 5.88 Å². The molecule has 1 atom stereocenters. The van der Waals surface area contributed by atoms with Gasteiger partial charge in [0.25, 0.3) is 0 Å². The molecule has 1 aromatic heterocycles. The maximum atomic E-state index is 12.7. The van der Waals surface area contributed by atoms with E-state index < -0.39 is 0 Å². The largest absolute Gasteiger partial charge is 0.481 e. The van der Waals surface area contributed by atoms with Gasteiger partial charge in [-0.25, -0.2) is 4.98 Å². The number of pyridine rings is 1. The molecule has 2 aromatic rings. The smallest absolute Gasteiger partial charge is 0.240 e. The molecule has 2 heterocycles. The first-order chi connectivity index (χ1) is 11.7. The Morgan fingerprint density at radius 2 is 2.04 bits per heavy atom. The number of carbonyl (C=O) groups excluding carboxylic acids is 1. The van der Waals surface area contributed by atoms with Gasteiger partial charge in [0.15, 0.2) is 0 Å². The first kappa shape index (κ1) is 16.5. The third-order valence-corrected chi connectivity index (χ3v) is 4.48. The fraction of sp³-hybridized carbons (Fsp3) is 0.368. The maximum Gasteiger partial charge on any atom is 0.240 e. The number of amides is 1. The molecule has 0 saturated carbocycles. The van der Waals surface area contributed by atoms with Crippen LogP contribution in [0.2, 0.25) is 0 Å². The van der Waals surface area contributed by atoms with Gasteiger partial charge in [0.2, 0.25) is 11.8 Å². The standard InChI is InChI=1S/C19H23N3O2/c1-21(14-16-9-6-11-20-18(16)24-2)17-10-12-22(19(17)23)13-15-7-4-3-5-8-15/h3-9,11,17H,10,12-14H2,1-2H3. The highest BCUT2D eigenvalue weighted by Crippen LogP contribution is 2.22. The van der Waals surface area contributed by atoms with Crippen LogP contribution in [0.15, 0.2) is 48.7 Å². The van der Waals surface area contributed by atoms with Crippen molar-refractivity contribution in [2.24, 2.45) is 0 Å². The van der Waals surface area contributed by atoms with E-state index in [0.717, 1.165) is 18.5 Å².